The number of hydrogen-bond donors (Lipinski definition) is 4. The number of carbonyl (C=O) groups is 3. The van der Waals surface area contributed by atoms with E-state index in [1.807, 2.05) is 0 Å². The Morgan fingerprint density at radius 1 is 1.30 bits per heavy atom. The summed E-state index contributed by atoms with van der Waals surface area (Å²) in [4.78, 5) is 43.4. The van der Waals surface area contributed by atoms with Crippen molar-refractivity contribution in [2.24, 2.45) is 11.1 Å². The molecule has 2 aromatic rings. The Kier molecular flexibility index (Phi) is 5.34. The fourth-order valence-electron chi connectivity index (χ4n) is 3.76. The van der Waals surface area contributed by atoms with E-state index in [2.05, 4.69) is 25.9 Å². The molecule has 1 aromatic heterocycles. The van der Waals surface area contributed by atoms with Crippen molar-refractivity contribution in [2.75, 3.05) is 23.1 Å². The van der Waals surface area contributed by atoms with Gasteiger partial charge in [0.05, 0.1) is 18.9 Å². The fraction of sp³-hybridized carbons (Fsp3) is 0.350. The molecule has 1 fully saturated rings. The Balaban J connectivity index is 1.66. The van der Waals surface area contributed by atoms with Crippen LogP contribution in [0.5, 0.6) is 0 Å². The Morgan fingerprint density at radius 3 is 2.64 bits per heavy atom. The maximum atomic E-state index is 13.6. The molecule has 1 aliphatic heterocycles. The van der Waals surface area contributed by atoms with Crippen molar-refractivity contribution in [3.05, 3.63) is 35.5 Å². The zero-order valence-electron chi connectivity index (χ0n) is 17.2. The van der Waals surface area contributed by atoms with Gasteiger partial charge >= 0.3 is 12.1 Å². The number of primary amides is 1. The van der Waals surface area contributed by atoms with Gasteiger partial charge in [0.15, 0.2) is 0 Å². The van der Waals surface area contributed by atoms with E-state index in [9.17, 15) is 27.6 Å². The lowest BCUT2D eigenvalue weighted by Crippen LogP contribution is -2.47. The summed E-state index contributed by atoms with van der Waals surface area (Å²) in [6, 6.07) is 3.42. The van der Waals surface area contributed by atoms with Gasteiger partial charge in [-0.3, -0.25) is 14.4 Å². The van der Waals surface area contributed by atoms with Crippen molar-refractivity contribution in [3.63, 3.8) is 0 Å². The highest BCUT2D eigenvalue weighted by Gasteiger charge is 2.59. The number of aromatic nitrogens is 2. The van der Waals surface area contributed by atoms with E-state index < -0.39 is 40.9 Å². The molecule has 0 radical (unpaired) electrons. The zero-order valence-corrected chi connectivity index (χ0v) is 17.2. The molecule has 1 aliphatic carbocycles. The number of anilines is 4. The molecule has 10 nitrogen and oxygen atoms in total. The number of benzene rings is 1. The molecule has 5 N–H and O–H groups in total. The third kappa shape index (κ3) is 4.25. The van der Waals surface area contributed by atoms with E-state index in [4.69, 9.17) is 10.5 Å². The third-order valence-corrected chi connectivity index (χ3v) is 5.58. The molecule has 0 bridgehead atoms. The summed E-state index contributed by atoms with van der Waals surface area (Å²) < 4.78 is 45.5. The highest BCUT2D eigenvalue weighted by atomic mass is 19.4. The second-order valence-corrected chi connectivity index (χ2v) is 7.80. The number of alkyl halides is 3. The minimum Gasteiger partial charge on any atom is -0.469 e. The largest absolute Gasteiger partial charge is 0.469 e. The quantitative estimate of drug-likeness (QED) is 0.455. The van der Waals surface area contributed by atoms with E-state index in [0.29, 0.717) is 23.1 Å². The third-order valence-electron chi connectivity index (χ3n) is 5.58. The standard InChI is InChI=1S/C20H19F3N6O4/c1-33-17(32)19(4-5-19)14(15(24)31)28-16-11(20(21,22)23)8-25-18(29-16)26-10-2-3-12-9(6-10)7-13(30)27-12/h2-3,6,8,14H,4-5,7H2,1H3,(H2,24,31)(H,27,30)(H2,25,26,28,29). The van der Waals surface area contributed by atoms with Crippen LogP contribution in [0.2, 0.25) is 0 Å². The van der Waals surface area contributed by atoms with Gasteiger partial charge in [-0.15, -0.1) is 0 Å². The molecule has 2 amide bonds. The Labute approximate surface area is 185 Å². The lowest BCUT2D eigenvalue weighted by molar-refractivity contribution is -0.149. The summed E-state index contributed by atoms with van der Waals surface area (Å²) in [6.07, 6.45) is -3.67. The van der Waals surface area contributed by atoms with Gasteiger partial charge in [-0.25, -0.2) is 4.98 Å². The smallest absolute Gasteiger partial charge is 0.421 e. The number of nitrogens with two attached hydrogens (primary N) is 1. The van der Waals surface area contributed by atoms with Crippen LogP contribution >= 0.6 is 0 Å². The highest BCUT2D eigenvalue weighted by molar-refractivity contribution is 5.99. The van der Waals surface area contributed by atoms with Crippen LogP contribution < -0.4 is 21.7 Å². The van der Waals surface area contributed by atoms with Crippen LogP contribution in [0.25, 0.3) is 0 Å². The van der Waals surface area contributed by atoms with Crippen molar-refractivity contribution < 1.29 is 32.3 Å². The first kappa shape index (κ1) is 22.3. The van der Waals surface area contributed by atoms with Gasteiger partial charge in [0, 0.05) is 17.6 Å². The Bertz CT molecular complexity index is 1150. The van der Waals surface area contributed by atoms with E-state index in [0.717, 1.165) is 7.11 Å². The number of rotatable bonds is 7. The maximum Gasteiger partial charge on any atom is 0.421 e. The first-order valence-electron chi connectivity index (χ1n) is 9.82. The lowest BCUT2D eigenvalue weighted by atomic mass is 9.95. The SMILES string of the molecule is COC(=O)C1(C(Nc2nc(Nc3ccc4c(c3)CC(=O)N4)ncc2C(F)(F)F)C(N)=O)CC1. The van der Waals surface area contributed by atoms with Crippen LogP contribution in [0, 0.1) is 5.41 Å². The van der Waals surface area contributed by atoms with Gasteiger partial charge < -0.3 is 26.4 Å². The van der Waals surface area contributed by atoms with Gasteiger partial charge in [-0.1, -0.05) is 0 Å². The van der Waals surface area contributed by atoms with E-state index >= 15 is 0 Å². The Morgan fingerprint density at radius 2 is 2.03 bits per heavy atom. The van der Waals surface area contributed by atoms with Crippen LogP contribution in [0.3, 0.4) is 0 Å². The van der Waals surface area contributed by atoms with Crippen molar-refractivity contribution in [1.82, 2.24) is 9.97 Å². The van der Waals surface area contributed by atoms with Crippen LogP contribution in [-0.4, -0.2) is 40.9 Å². The molecule has 0 spiro atoms. The Hall–Kier alpha value is -3.90. The molecule has 1 aromatic carbocycles. The maximum absolute atomic E-state index is 13.6. The van der Waals surface area contributed by atoms with Crippen molar-refractivity contribution in [2.45, 2.75) is 31.5 Å². The van der Waals surface area contributed by atoms with Gasteiger partial charge in [0.1, 0.15) is 17.4 Å². The van der Waals surface area contributed by atoms with Crippen LogP contribution in [0.15, 0.2) is 24.4 Å². The van der Waals surface area contributed by atoms with E-state index in [-0.39, 0.29) is 31.1 Å². The second-order valence-electron chi connectivity index (χ2n) is 7.80. The average Bonchev–Trinajstić information content (AvgIpc) is 3.45. The van der Waals surface area contributed by atoms with Crippen molar-refractivity contribution in [1.29, 1.82) is 0 Å². The number of ether oxygens (including phenoxy) is 1. The van der Waals surface area contributed by atoms with Crippen LogP contribution in [-0.2, 0) is 31.7 Å². The summed E-state index contributed by atoms with van der Waals surface area (Å²) in [6.45, 7) is 0. The van der Waals surface area contributed by atoms with Gasteiger partial charge in [0.2, 0.25) is 17.8 Å². The fourth-order valence-corrected chi connectivity index (χ4v) is 3.76. The molecule has 33 heavy (non-hydrogen) atoms. The summed E-state index contributed by atoms with van der Waals surface area (Å²) >= 11 is 0. The number of nitrogens with zero attached hydrogens (tertiary/aromatic N) is 2. The first-order chi connectivity index (χ1) is 15.5. The summed E-state index contributed by atoms with van der Waals surface area (Å²) in [5.41, 5.74) is 4.60. The monoisotopic (exact) mass is 464 g/mol. The van der Waals surface area contributed by atoms with E-state index in [1.54, 1.807) is 18.2 Å². The number of carbonyl (C=O) groups excluding carboxylic acids is 3. The van der Waals surface area contributed by atoms with E-state index in [1.165, 1.54) is 0 Å². The number of amides is 2. The molecule has 174 valence electrons. The molecule has 13 heteroatoms. The molecule has 2 heterocycles. The number of methoxy groups -OCH3 is 1. The number of halogens is 3. The first-order valence-corrected chi connectivity index (χ1v) is 9.82. The number of nitrogens with one attached hydrogen (secondary N) is 3. The normalized spacial score (nSPS) is 16.9. The number of esters is 1. The molecule has 1 atom stereocenters. The van der Waals surface area contributed by atoms with Gasteiger partial charge in [-0.05, 0) is 36.6 Å². The van der Waals surface area contributed by atoms with Gasteiger partial charge in [0.25, 0.3) is 0 Å². The highest BCUT2D eigenvalue weighted by Crippen LogP contribution is 2.51. The molecule has 0 saturated heterocycles. The predicted octanol–water partition coefficient (Wildman–Crippen LogP) is 1.95. The molecule has 4 rings (SSSR count). The predicted molar refractivity (Wildman–Crippen MR) is 109 cm³/mol. The summed E-state index contributed by atoms with van der Waals surface area (Å²) in [5, 5.41) is 7.86. The average molecular weight is 464 g/mol. The van der Waals surface area contributed by atoms with Crippen LogP contribution in [0.1, 0.15) is 24.0 Å². The molecule has 1 unspecified atom stereocenters. The second kappa shape index (κ2) is 7.90. The zero-order chi connectivity index (χ0) is 24.0. The minimum absolute atomic E-state index is 0.168. The number of hydrogen-bond acceptors (Lipinski definition) is 8. The molecule has 2 aliphatic rings. The summed E-state index contributed by atoms with van der Waals surface area (Å²) in [5.74, 6) is -2.85. The van der Waals surface area contributed by atoms with Crippen molar-refractivity contribution >= 4 is 40.9 Å². The number of fused-ring (bicyclic) bond motifs is 1. The van der Waals surface area contributed by atoms with Gasteiger partial charge in [-0.2, -0.15) is 18.2 Å². The minimum atomic E-state index is -4.84. The van der Waals surface area contributed by atoms with Crippen molar-refractivity contribution in [3.8, 4) is 0 Å². The summed E-state index contributed by atoms with van der Waals surface area (Å²) in [7, 11) is 1.12. The van der Waals surface area contributed by atoms with Crippen LogP contribution in [0.4, 0.5) is 36.3 Å². The molecule has 1 saturated carbocycles. The topological polar surface area (TPSA) is 148 Å². The molecular weight excluding hydrogens is 445 g/mol. The molecular formula is C20H19F3N6O4. The lowest BCUT2D eigenvalue weighted by Gasteiger charge is -2.25.